The fourth-order valence-electron chi connectivity index (χ4n) is 1.31. The molecule has 0 aromatic rings. The van der Waals surface area contributed by atoms with Crippen molar-refractivity contribution in [1.82, 2.24) is 0 Å². The van der Waals surface area contributed by atoms with Crippen LogP contribution in [0.2, 0.25) is 0 Å². The van der Waals surface area contributed by atoms with Crippen molar-refractivity contribution in [2.24, 2.45) is 0 Å². The number of hydrogen-bond donors (Lipinski definition) is 1. The van der Waals surface area contributed by atoms with Gasteiger partial charge >= 0.3 is 5.97 Å². The van der Waals surface area contributed by atoms with Crippen molar-refractivity contribution in [3.63, 3.8) is 0 Å². The number of ether oxygens (including phenoxy) is 3. The second kappa shape index (κ2) is 9.53. The molecule has 1 N–H and O–H groups in total. The molecule has 0 aliphatic rings. The van der Waals surface area contributed by atoms with Crippen LogP contribution in [0.15, 0.2) is 0 Å². The summed E-state index contributed by atoms with van der Waals surface area (Å²) in [6.07, 6.45) is 0.910. The van der Waals surface area contributed by atoms with Crippen molar-refractivity contribution in [1.29, 1.82) is 0 Å². The van der Waals surface area contributed by atoms with Gasteiger partial charge in [-0.05, 0) is 13.3 Å². The van der Waals surface area contributed by atoms with Crippen molar-refractivity contribution in [2.75, 3.05) is 27.6 Å². The zero-order valence-corrected chi connectivity index (χ0v) is 10.2. The third-order valence-electron chi connectivity index (χ3n) is 2.08. The van der Waals surface area contributed by atoms with Crippen molar-refractivity contribution in [3.05, 3.63) is 5.21 Å². The largest absolute Gasteiger partial charge is 0.631 e. The van der Waals surface area contributed by atoms with Crippen LogP contribution in [-0.2, 0) is 19.0 Å². The zero-order valence-electron chi connectivity index (χ0n) is 10.2. The zero-order chi connectivity index (χ0) is 12.4. The van der Waals surface area contributed by atoms with E-state index in [-0.39, 0.29) is 17.8 Å². The molecule has 2 unspecified atom stereocenters. The van der Waals surface area contributed by atoms with E-state index in [2.05, 4.69) is 0 Å². The van der Waals surface area contributed by atoms with E-state index in [9.17, 15) is 10.0 Å². The van der Waals surface area contributed by atoms with Crippen LogP contribution in [0.5, 0.6) is 0 Å². The lowest BCUT2D eigenvalue weighted by atomic mass is 10.2. The molecule has 0 saturated carbocycles. The number of carbonyl (C=O) groups excluding carboxylic acids is 1. The van der Waals surface area contributed by atoms with Crippen LogP contribution in [0.4, 0.5) is 0 Å². The van der Waals surface area contributed by atoms with Gasteiger partial charge < -0.3 is 24.5 Å². The Labute approximate surface area is 96.0 Å². The van der Waals surface area contributed by atoms with E-state index >= 15 is 0 Å². The first-order chi connectivity index (χ1) is 7.65. The molecule has 2 atom stereocenters. The Hall–Kier alpha value is -0.690. The molecule has 6 nitrogen and oxygen atoms in total. The summed E-state index contributed by atoms with van der Waals surface area (Å²) < 4.78 is 14.5. The van der Waals surface area contributed by atoms with Crippen LogP contribution >= 0.6 is 0 Å². The van der Waals surface area contributed by atoms with Crippen LogP contribution in [-0.4, -0.2) is 39.8 Å². The highest BCUT2D eigenvalue weighted by Gasteiger charge is 2.15. The average molecular weight is 235 g/mol. The fraction of sp³-hybridized carbons (Fsp3) is 0.900. The summed E-state index contributed by atoms with van der Waals surface area (Å²) in [4.78, 5) is 11.0. The van der Waals surface area contributed by atoms with Crippen molar-refractivity contribution >= 4 is 5.97 Å². The lowest BCUT2D eigenvalue weighted by molar-refractivity contribution is -0.919. The van der Waals surface area contributed by atoms with E-state index in [4.69, 9.17) is 14.2 Å². The van der Waals surface area contributed by atoms with E-state index in [0.29, 0.717) is 25.9 Å². The minimum absolute atomic E-state index is 0.0396. The Morgan fingerprint density at radius 1 is 1.44 bits per heavy atom. The number of methoxy groups -OCH3 is 2. The second-order valence-electron chi connectivity index (χ2n) is 3.32. The van der Waals surface area contributed by atoms with E-state index < -0.39 is 6.23 Å². The van der Waals surface area contributed by atoms with E-state index in [1.54, 1.807) is 6.92 Å². The van der Waals surface area contributed by atoms with Crippen LogP contribution in [0.3, 0.4) is 0 Å². The molecule has 96 valence electrons. The Balaban J connectivity index is 3.74. The number of nitrogens with one attached hydrogen (secondary N) is 1. The lowest BCUT2D eigenvalue weighted by Crippen LogP contribution is -3.11. The van der Waals surface area contributed by atoms with Gasteiger partial charge in [-0.2, -0.15) is 0 Å². The summed E-state index contributed by atoms with van der Waals surface area (Å²) in [7, 11) is 2.94. The SMILES string of the molecule is CCOC(=O)CCCC(OC)[NH+]([O-])COC. The molecule has 0 saturated heterocycles. The number of quaternary nitrogens is 1. The van der Waals surface area contributed by atoms with Crippen LogP contribution < -0.4 is 5.06 Å². The number of rotatable bonds is 9. The van der Waals surface area contributed by atoms with E-state index in [0.717, 1.165) is 0 Å². The van der Waals surface area contributed by atoms with Gasteiger partial charge in [0.25, 0.3) is 0 Å². The predicted molar refractivity (Wildman–Crippen MR) is 57.5 cm³/mol. The van der Waals surface area contributed by atoms with Gasteiger partial charge in [0.1, 0.15) is 0 Å². The highest BCUT2D eigenvalue weighted by atomic mass is 16.6. The molecule has 16 heavy (non-hydrogen) atoms. The van der Waals surface area contributed by atoms with Gasteiger partial charge in [0, 0.05) is 27.1 Å². The molecule has 0 bridgehead atoms. The molecule has 0 aromatic carbocycles. The van der Waals surface area contributed by atoms with E-state index in [1.807, 2.05) is 0 Å². The van der Waals surface area contributed by atoms with E-state index in [1.165, 1.54) is 14.2 Å². The molecule has 0 amide bonds. The number of hydrogen-bond acceptors (Lipinski definition) is 5. The third-order valence-corrected chi connectivity index (χ3v) is 2.08. The second-order valence-corrected chi connectivity index (χ2v) is 3.32. The van der Waals surface area contributed by atoms with Gasteiger partial charge in [-0.3, -0.25) is 4.79 Å². The smallest absolute Gasteiger partial charge is 0.305 e. The lowest BCUT2D eigenvalue weighted by Gasteiger charge is -2.29. The molecule has 0 spiro atoms. The molecule has 0 aromatic heterocycles. The van der Waals surface area contributed by atoms with Gasteiger partial charge in [0.05, 0.1) is 6.61 Å². The highest BCUT2D eigenvalue weighted by Crippen LogP contribution is 2.01. The summed E-state index contributed by atoms with van der Waals surface area (Å²) in [5.41, 5.74) is 0. The van der Waals surface area contributed by atoms with Gasteiger partial charge in [-0.1, -0.05) is 0 Å². The van der Waals surface area contributed by atoms with Crippen LogP contribution in [0, 0.1) is 5.21 Å². The number of esters is 1. The maximum Gasteiger partial charge on any atom is 0.305 e. The van der Waals surface area contributed by atoms with Gasteiger partial charge in [0.15, 0.2) is 13.0 Å². The average Bonchev–Trinajstić information content (AvgIpc) is 2.25. The third kappa shape index (κ3) is 6.73. The molecule has 0 heterocycles. The maximum atomic E-state index is 11.4. The first-order valence-corrected chi connectivity index (χ1v) is 5.35. The minimum Gasteiger partial charge on any atom is -0.631 e. The van der Waals surface area contributed by atoms with Gasteiger partial charge in [0.2, 0.25) is 0 Å². The molecule has 6 heteroatoms. The predicted octanol–water partition coefficient (Wildman–Crippen LogP) is -0.321. The van der Waals surface area contributed by atoms with Crippen LogP contribution in [0.1, 0.15) is 26.2 Å². The Morgan fingerprint density at radius 2 is 2.12 bits per heavy atom. The quantitative estimate of drug-likeness (QED) is 0.337. The molecule has 0 fully saturated rings. The Morgan fingerprint density at radius 3 is 2.62 bits per heavy atom. The maximum absolute atomic E-state index is 11.4. The highest BCUT2D eigenvalue weighted by molar-refractivity contribution is 5.69. The fourth-order valence-corrected chi connectivity index (χ4v) is 1.31. The normalized spacial score (nSPS) is 14.5. The van der Waals surface area contributed by atoms with Crippen LogP contribution in [0.25, 0.3) is 0 Å². The van der Waals surface area contributed by atoms with Gasteiger partial charge in [-0.25, -0.2) is 0 Å². The van der Waals surface area contributed by atoms with Gasteiger partial charge in [-0.15, -0.1) is 0 Å². The molecule has 0 aliphatic carbocycles. The minimum atomic E-state index is -0.491. The number of carbonyl (C=O) groups is 1. The molecular weight excluding hydrogens is 214 g/mol. The van der Waals surface area contributed by atoms with Crippen molar-refractivity contribution < 1.29 is 24.1 Å². The Bertz CT molecular complexity index is 188. The summed E-state index contributed by atoms with van der Waals surface area (Å²) in [6.45, 7) is 2.19. The summed E-state index contributed by atoms with van der Waals surface area (Å²) in [5, 5.41) is 11.3. The Kier molecular flexibility index (Phi) is 9.12. The monoisotopic (exact) mass is 235 g/mol. The first-order valence-electron chi connectivity index (χ1n) is 5.35. The first kappa shape index (κ1) is 15.3. The molecule has 0 rings (SSSR count). The molecule has 0 radical (unpaired) electrons. The molecular formula is C10H21NO5. The summed E-state index contributed by atoms with van der Waals surface area (Å²) in [6, 6.07) is 0. The standard InChI is InChI=1S/C10H21NO5/c1-4-16-10(12)7-5-6-9(15-3)11(13)8-14-2/h9,11H,4-8H2,1-3H3. The summed E-state index contributed by atoms with van der Waals surface area (Å²) in [5.74, 6) is -0.239. The number of hydroxylamine groups is 2. The van der Waals surface area contributed by atoms with Crippen molar-refractivity contribution in [2.45, 2.75) is 32.4 Å². The summed E-state index contributed by atoms with van der Waals surface area (Å²) >= 11 is 0. The topological polar surface area (TPSA) is 72.3 Å². The molecule has 0 aliphatic heterocycles. The van der Waals surface area contributed by atoms with Crippen molar-refractivity contribution in [3.8, 4) is 0 Å².